The van der Waals surface area contributed by atoms with Gasteiger partial charge >= 0.3 is 0 Å². The Balaban J connectivity index is 0.000000221. The molecule has 154 valence electrons. The van der Waals surface area contributed by atoms with Gasteiger partial charge in [0.1, 0.15) is 5.75 Å². The number of nitrogens with one attached hydrogen (secondary N) is 1. The molecule has 1 aliphatic heterocycles. The number of amides is 1. The van der Waals surface area contributed by atoms with E-state index in [9.17, 15) is 9.90 Å². The molecule has 5 nitrogen and oxygen atoms in total. The standard InChI is InChI=1S/C14H20N2O.C10H11NO/c15-14(17)11-16-8-6-13(7-9-16)10-12-4-2-1-3-5-12;1-2-4-8-5-3-6-9(7-11)10(8)12/h1-5,13H,6-11H2,(H2,15,17);2-3,5-7,11-12H,1,4H2. The summed E-state index contributed by atoms with van der Waals surface area (Å²) in [6.45, 7) is 6.00. The first-order chi connectivity index (χ1) is 14.0. The van der Waals surface area contributed by atoms with Crippen LogP contribution < -0.4 is 5.73 Å². The summed E-state index contributed by atoms with van der Waals surface area (Å²) < 4.78 is 0. The van der Waals surface area contributed by atoms with Crippen LogP contribution in [0.5, 0.6) is 5.75 Å². The normalized spacial score (nSPS) is 14.5. The number of nitrogens with two attached hydrogens (primary N) is 1. The Bertz CT molecular complexity index is 797. The van der Waals surface area contributed by atoms with Gasteiger partial charge in [-0.1, -0.05) is 48.5 Å². The van der Waals surface area contributed by atoms with Gasteiger partial charge in [-0.05, 0) is 61.9 Å². The van der Waals surface area contributed by atoms with Gasteiger partial charge in [0.2, 0.25) is 5.91 Å². The number of benzene rings is 2. The Hall–Kier alpha value is -2.92. The molecule has 4 N–H and O–H groups in total. The number of phenolic OH excluding ortho intramolecular Hbond substituents is 1. The van der Waals surface area contributed by atoms with Crippen molar-refractivity contribution < 1.29 is 9.90 Å². The van der Waals surface area contributed by atoms with Crippen molar-refractivity contribution >= 4 is 12.1 Å². The van der Waals surface area contributed by atoms with E-state index in [1.54, 1.807) is 12.1 Å². The minimum absolute atomic E-state index is 0.187. The molecule has 0 bridgehead atoms. The zero-order valence-corrected chi connectivity index (χ0v) is 16.9. The molecule has 0 atom stereocenters. The second-order valence-electron chi connectivity index (χ2n) is 7.37. The van der Waals surface area contributed by atoms with Crippen LogP contribution in [-0.2, 0) is 17.6 Å². The first kappa shape index (κ1) is 22.4. The number of rotatable bonds is 7. The summed E-state index contributed by atoms with van der Waals surface area (Å²) in [5.41, 5.74) is 7.98. The number of aromatic hydroxyl groups is 1. The number of phenols is 1. The van der Waals surface area contributed by atoms with Gasteiger partial charge in [0.05, 0.1) is 6.54 Å². The summed E-state index contributed by atoms with van der Waals surface area (Å²) in [4.78, 5) is 13.0. The predicted molar refractivity (Wildman–Crippen MR) is 118 cm³/mol. The third-order valence-corrected chi connectivity index (χ3v) is 5.12. The van der Waals surface area contributed by atoms with Crippen LogP contribution in [0.1, 0.15) is 29.5 Å². The van der Waals surface area contributed by atoms with Crippen LogP contribution in [0.4, 0.5) is 0 Å². The molecule has 0 radical (unpaired) electrons. The summed E-state index contributed by atoms with van der Waals surface area (Å²) >= 11 is 0. The Morgan fingerprint density at radius 1 is 1.17 bits per heavy atom. The highest BCUT2D eigenvalue weighted by Crippen LogP contribution is 2.22. The minimum Gasteiger partial charge on any atom is -0.507 e. The molecule has 3 rings (SSSR count). The predicted octanol–water partition coefficient (Wildman–Crippen LogP) is 3.54. The molecule has 0 spiro atoms. The highest BCUT2D eigenvalue weighted by molar-refractivity contribution is 5.81. The largest absolute Gasteiger partial charge is 0.507 e. The average Bonchev–Trinajstić information content (AvgIpc) is 2.72. The third kappa shape index (κ3) is 7.54. The quantitative estimate of drug-likeness (QED) is 0.496. The first-order valence-electron chi connectivity index (χ1n) is 10.00. The maximum Gasteiger partial charge on any atom is 0.231 e. The Morgan fingerprint density at radius 2 is 1.86 bits per heavy atom. The zero-order chi connectivity index (χ0) is 21.1. The maximum atomic E-state index is 10.8. The van der Waals surface area contributed by atoms with Crippen molar-refractivity contribution in [3.05, 3.63) is 77.9 Å². The van der Waals surface area contributed by atoms with E-state index in [1.165, 1.54) is 18.4 Å². The fraction of sp³-hybridized carbons (Fsp3) is 0.333. The van der Waals surface area contributed by atoms with E-state index >= 15 is 0 Å². The van der Waals surface area contributed by atoms with E-state index in [0.29, 0.717) is 18.5 Å². The third-order valence-electron chi connectivity index (χ3n) is 5.12. The van der Waals surface area contributed by atoms with Crippen LogP contribution in [0.3, 0.4) is 0 Å². The smallest absolute Gasteiger partial charge is 0.231 e. The van der Waals surface area contributed by atoms with E-state index < -0.39 is 0 Å². The second kappa shape index (κ2) is 11.8. The Labute approximate surface area is 173 Å². The molecule has 0 unspecified atom stereocenters. The highest BCUT2D eigenvalue weighted by Gasteiger charge is 2.20. The molecule has 0 saturated carbocycles. The topological polar surface area (TPSA) is 90.4 Å². The van der Waals surface area contributed by atoms with Crippen molar-refractivity contribution in [1.29, 1.82) is 5.41 Å². The van der Waals surface area contributed by atoms with Gasteiger partial charge in [-0.15, -0.1) is 6.58 Å². The lowest BCUT2D eigenvalue weighted by atomic mass is 9.90. The van der Waals surface area contributed by atoms with E-state index in [0.717, 1.165) is 37.2 Å². The van der Waals surface area contributed by atoms with Crippen molar-refractivity contribution in [2.75, 3.05) is 19.6 Å². The fourth-order valence-corrected chi connectivity index (χ4v) is 3.56. The van der Waals surface area contributed by atoms with E-state index in [1.807, 2.05) is 12.1 Å². The maximum absolute atomic E-state index is 10.8. The zero-order valence-electron chi connectivity index (χ0n) is 16.9. The van der Waals surface area contributed by atoms with Crippen LogP contribution in [0.2, 0.25) is 0 Å². The van der Waals surface area contributed by atoms with Gasteiger partial charge < -0.3 is 16.2 Å². The van der Waals surface area contributed by atoms with Crippen LogP contribution in [0, 0.1) is 11.3 Å². The number of hydrogen-bond donors (Lipinski definition) is 3. The summed E-state index contributed by atoms with van der Waals surface area (Å²) in [7, 11) is 0. The van der Waals surface area contributed by atoms with Gasteiger partial charge in [-0.25, -0.2) is 0 Å². The number of nitrogens with zero attached hydrogens (tertiary/aromatic N) is 1. The number of hydrogen-bond acceptors (Lipinski definition) is 4. The molecule has 2 aromatic carbocycles. The van der Waals surface area contributed by atoms with Gasteiger partial charge in [-0.2, -0.15) is 0 Å². The van der Waals surface area contributed by atoms with E-state index in [2.05, 4.69) is 41.8 Å². The molecular formula is C24H31N3O2. The lowest BCUT2D eigenvalue weighted by Gasteiger charge is -2.31. The lowest BCUT2D eigenvalue weighted by Crippen LogP contribution is -2.39. The molecule has 1 aliphatic rings. The molecule has 0 aromatic heterocycles. The van der Waals surface area contributed by atoms with Crippen LogP contribution in [-0.4, -0.2) is 41.8 Å². The average molecular weight is 394 g/mol. The summed E-state index contributed by atoms with van der Waals surface area (Å²) in [6.07, 6.45) is 6.99. The molecule has 2 aromatic rings. The van der Waals surface area contributed by atoms with Crippen molar-refractivity contribution in [3.8, 4) is 5.75 Å². The molecule has 29 heavy (non-hydrogen) atoms. The molecular weight excluding hydrogens is 362 g/mol. The van der Waals surface area contributed by atoms with Crippen LogP contribution in [0.15, 0.2) is 61.2 Å². The molecule has 0 aliphatic carbocycles. The number of carbonyl (C=O) groups excluding carboxylic acids is 1. The number of para-hydroxylation sites is 1. The second-order valence-corrected chi connectivity index (χ2v) is 7.37. The number of carbonyl (C=O) groups is 1. The van der Waals surface area contributed by atoms with Crippen molar-refractivity contribution in [3.63, 3.8) is 0 Å². The van der Waals surface area contributed by atoms with E-state index in [4.69, 9.17) is 11.1 Å². The van der Waals surface area contributed by atoms with Gasteiger partial charge in [0.15, 0.2) is 0 Å². The first-order valence-corrected chi connectivity index (χ1v) is 10.00. The highest BCUT2D eigenvalue weighted by atomic mass is 16.3. The number of piperidine rings is 1. The minimum atomic E-state index is -0.216. The fourth-order valence-electron chi connectivity index (χ4n) is 3.56. The Kier molecular flexibility index (Phi) is 9.12. The number of likely N-dealkylation sites (tertiary alicyclic amines) is 1. The molecule has 1 heterocycles. The van der Waals surface area contributed by atoms with Gasteiger partial charge in [0, 0.05) is 11.8 Å². The van der Waals surface area contributed by atoms with E-state index in [-0.39, 0.29) is 11.7 Å². The SMILES string of the molecule is C=CCc1cccc(C=N)c1O.NC(=O)CN1CCC(Cc2ccccc2)CC1. The van der Waals surface area contributed by atoms with Crippen LogP contribution >= 0.6 is 0 Å². The molecule has 1 amide bonds. The Morgan fingerprint density at radius 3 is 2.45 bits per heavy atom. The number of primary amides is 1. The summed E-state index contributed by atoms with van der Waals surface area (Å²) in [5.74, 6) is 0.723. The van der Waals surface area contributed by atoms with Crippen molar-refractivity contribution in [1.82, 2.24) is 4.90 Å². The lowest BCUT2D eigenvalue weighted by molar-refractivity contribution is -0.119. The van der Waals surface area contributed by atoms with Gasteiger partial charge in [-0.3, -0.25) is 9.69 Å². The summed E-state index contributed by atoms with van der Waals surface area (Å²) in [6, 6.07) is 16.0. The van der Waals surface area contributed by atoms with Crippen molar-refractivity contribution in [2.45, 2.75) is 25.7 Å². The molecule has 1 fully saturated rings. The van der Waals surface area contributed by atoms with Crippen LogP contribution in [0.25, 0.3) is 0 Å². The molecule has 5 heteroatoms. The number of allylic oxidation sites excluding steroid dienone is 1. The summed E-state index contributed by atoms with van der Waals surface area (Å²) in [5, 5.41) is 16.5. The van der Waals surface area contributed by atoms with Crippen molar-refractivity contribution in [2.24, 2.45) is 11.7 Å². The monoisotopic (exact) mass is 393 g/mol. The molecule has 1 saturated heterocycles. The van der Waals surface area contributed by atoms with Gasteiger partial charge in [0.25, 0.3) is 0 Å².